The summed E-state index contributed by atoms with van der Waals surface area (Å²) in [6, 6.07) is 4.28. The van der Waals surface area contributed by atoms with Gasteiger partial charge in [-0.2, -0.15) is 0 Å². The number of thiophene rings is 1. The predicted octanol–water partition coefficient (Wildman–Crippen LogP) is 1.81. The molecule has 0 bridgehead atoms. The molecule has 1 saturated carbocycles. The van der Waals surface area contributed by atoms with Crippen LogP contribution in [0.2, 0.25) is 0 Å². The molecule has 2 aliphatic heterocycles. The predicted molar refractivity (Wildman–Crippen MR) is 90.9 cm³/mol. The molecular weight excluding hydrogens is 332 g/mol. The summed E-state index contributed by atoms with van der Waals surface area (Å²) in [5.74, 6) is 0.320. The molecule has 5 nitrogen and oxygen atoms in total. The molecule has 128 valence electrons. The van der Waals surface area contributed by atoms with Gasteiger partial charge in [0.05, 0.1) is 17.5 Å². The Bertz CT molecular complexity index is 624. The summed E-state index contributed by atoms with van der Waals surface area (Å²) in [4.78, 5) is 3.84. The van der Waals surface area contributed by atoms with Crippen LogP contribution in [0.15, 0.2) is 17.5 Å². The van der Waals surface area contributed by atoms with Crippen molar-refractivity contribution in [2.45, 2.75) is 43.1 Å². The molecule has 3 heterocycles. The highest BCUT2D eigenvalue weighted by Crippen LogP contribution is 2.37. The summed E-state index contributed by atoms with van der Waals surface area (Å²) in [5, 5.41) is 1.99. The molecule has 2 saturated heterocycles. The van der Waals surface area contributed by atoms with Crippen molar-refractivity contribution in [1.82, 2.24) is 9.62 Å². The van der Waals surface area contributed by atoms with Crippen molar-refractivity contribution < 1.29 is 13.2 Å². The zero-order chi connectivity index (χ0) is 15.9. The normalized spacial score (nSPS) is 27.9. The lowest BCUT2D eigenvalue weighted by atomic mass is 9.83. The standard InChI is InChI=1S/C16H24N2O3S2/c19-23(20,15-3-4-15)17-8-13-5-6-16(21-10-13)11-18(12-16)9-14-2-1-7-22-14/h1-2,7,13,15,17H,3-6,8-12H2. The van der Waals surface area contributed by atoms with E-state index in [1.807, 2.05) is 0 Å². The zero-order valence-corrected chi connectivity index (χ0v) is 14.9. The van der Waals surface area contributed by atoms with Crippen molar-refractivity contribution in [3.05, 3.63) is 22.4 Å². The number of nitrogens with zero attached hydrogens (tertiary/aromatic N) is 1. The fourth-order valence-electron chi connectivity index (χ4n) is 3.56. The lowest BCUT2D eigenvalue weighted by Gasteiger charge is -2.52. The molecule has 7 heteroatoms. The number of likely N-dealkylation sites (tertiary alicyclic amines) is 1. The highest BCUT2D eigenvalue weighted by Gasteiger charge is 2.46. The van der Waals surface area contributed by atoms with Gasteiger partial charge >= 0.3 is 0 Å². The highest BCUT2D eigenvalue weighted by molar-refractivity contribution is 7.90. The van der Waals surface area contributed by atoms with E-state index in [9.17, 15) is 8.42 Å². The van der Waals surface area contributed by atoms with E-state index < -0.39 is 10.0 Å². The van der Waals surface area contributed by atoms with Crippen LogP contribution in [-0.2, 0) is 21.3 Å². The van der Waals surface area contributed by atoms with E-state index in [0.717, 1.165) is 45.3 Å². The van der Waals surface area contributed by atoms with E-state index in [0.29, 0.717) is 19.1 Å². The van der Waals surface area contributed by atoms with Gasteiger partial charge in [-0.05, 0) is 43.0 Å². The van der Waals surface area contributed by atoms with Crippen LogP contribution < -0.4 is 4.72 Å². The first-order valence-corrected chi connectivity index (χ1v) is 10.8. The Hall–Kier alpha value is -0.470. The molecule has 0 amide bonds. The maximum absolute atomic E-state index is 11.9. The molecule has 0 radical (unpaired) electrons. The largest absolute Gasteiger partial charge is 0.372 e. The number of hydrogen-bond donors (Lipinski definition) is 1. The van der Waals surface area contributed by atoms with Crippen LogP contribution in [0.3, 0.4) is 0 Å². The summed E-state index contributed by atoms with van der Waals surface area (Å²) in [5.41, 5.74) is 0.0309. The van der Waals surface area contributed by atoms with Gasteiger partial charge in [-0.25, -0.2) is 13.1 Å². The van der Waals surface area contributed by atoms with Crippen LogP contribution in [0.5, 0.6) is 0 Å². The van der Waals surface area contributed by atoms with Gasteiger partial charge in [-0.1, -0.05) is 6.07 Å². The van der Waals surface area contributed by atoms with E-state index in [2.05, 4.69) is 27.1 Å². The smallest absolute Gasteiger partial charge is 0.214 e. The SMILES string of the molecule is O=S(=O)(NCC1CCC2(CN(Cc3cccs3)C2)OC1)C1CC1. The van der Waals surface area contributed by atoms with Gasteiger partial charge < -0.3 is 4.74 Å². The van der Waals surface area contributed by atoms with Crippen LogP contribution in [0, 0.1) is 5.92 Å². The topological polar surface area (TPSA) is 58.6 Å². The van der Waals surface area contributed by atoms with E-state index in [-0.39, 0.29) is 10.9 Å². The van der Waals surface area contributed by atoms with Crippen LogP contribution in [0.1, 0.15) is 30.6 Å². The second kappa shape index (κ2) is 6.11. The molecule has 1 spiro atoms. The van der Waals surface area contributed by atoms with Gasteiger partial charge in [0.1, 0.15) is 0 Å². The molecule has 1 aliphatic carbocycles. The average molecular weight is 357 g/mol. The van der Waals surface area contributed by atoms with Crippen molar-refractivity contribution in [3.8, 4) is 0 Å². The van der Waals surface area contributed by atoms with Gasteiger partial charge in [0.25, 0.3) is 0 Å². The van der Waals surface area contributed by atoms with Crippen LogP contribution in [0.4, 0.5) is 0 Å². The Morgan fingerprint density at radius 1 is 1.35 bits per heavy atom. The monoisotopic (exact) mass is 356 g/mol. The summed E-state index contributed by atoms with van der Waals surface area (Å²) in [6.45, 7) is 4.25. The van der Waals surface area contributed by atoms with Crippen molar-refractivity contribution in [2.75, 3.05) is 26.2 Å². The number of hydrogen-bond acceptors (Lipinski definition) is 5. The molecule has 23 heavy (non-hydrogen) atoms. The van der Waals surface area contributed by atoms with Crippen molar-refractivity contribution in [2.24, 2.45) is 5.92 Å². The maximum atomic E-state index is 11.9. The Morgan fingerprint density at radius 2 is 2.17 bits per heavy atom. The quantitative estimate of drug-likeness (QED) is 0.845. The van der Waals surface area contributed by atoms with Gasteiger partial charge in [0.2, 0.25) is 10.0 Å². The minimum absolute atomic E-state index is 0.0309. The molecule has 4 rings (SSSR count). The first kappa shape index (κ1) is 16.0. The molecule has 1 aromatic rings. The Kier molecular flexibility index (Phi) is 4.26. The summed E-state index contributed by atoms with van der Waals surface area (Å²) in [6.07, 6.45) is 3.74. The minimum atomic E-state index is -3.06. The summed E-state index contributed by atoms with van der Waals surface area (Å²) in [7, 11) is -3.06. The van der Waals surface area contributed by atoms with Gasteiger partial charge in [0.15, 0.2) is 0 Å². The van der Waals surface area contributed by atoms with E-state index in [4.69, 9.17) is 4.74 Å². The minimum Gasteiger partial charge on any atom is -0.372 e. The first-order chi connectivity index (χ1) is 11.0. The number of ether oxygens (including phenoxy) is 1. The second-order valence-corrected chi connectivity index (χ2v) is 10.3. The molecular formula is C16H24N2O3S2. The third kappa shape index (κ3) is 3.64. The second-order valence-electron chi connectivity index (χ2n) is 7.22. The molecule has 1 aromatic heterocycles. The number of rotatable bonds is 6. The highest BCUT2D eigenvalue weighted by atomic mass is 32.2. The lowest BCUT2D eigenvalue weighted by molar-refractivity contribution is -0.180. The number of sulfonamides is 1. The molecule has 3 fully saturated rings. The lowest BCUT2D eigenvalue weighted by Crippen LogP contribution is -2.64. The third-order valence-electron chi connectivity index (χ3n) is 5.15. The molecule has 0 aromatic carbocycles. The van der Waals surface area contributed by atoms with Crippen LogP contribution in [0.25, 0.3) is 0 Å². The Balaban J connectivity index is 1.20. The molecule has 1 unspecified atom stereocenters. The van der Waals surface area contributed by atoms with Crippen LogP contribution >= 0.6 is 11.3 Å². The van der Waals surface area contributed by atoms with Crippen LogP contribution in [-0.4, -0.2) is 50.4 Å². The zero-order valence-electron chi connectivity index (χ0n) is 13.2. The fraction of sp³-hybridized carbons (Fsp3) is 0.750. The van der Waals surface area contributed by atoms with Crippen molar-refractivity contribution in [1.29, 1.82) is 0 Å². The fourth-order valence-corrected chi connectivity index (χ4v) is 5.77. The summed E-state index contributed by atoms with van der Waals surface area (Å²) >= 11 is 1.80. The molecule has 1 atom stereocenters. The molecule has 1 N–H and O–H groups in total. The Morgan fingerprint density at radius 3 is 2.78 bits per heavy atom. The summed E-state index contributed by atoms with van der Waals surface area (Å²) < 4.78 is 32.6. The Labute approximate surface area is 142 Å². The van der Waals surface area contributed by atoms with Crippen molar-refractivity contribution in [3.63, 3.8) is 0 Å². The third-order valence-corrected chi connectivity index (χ3v) is 7.93. The number of nitrogens with one attached hydrogen (secondary N) is 1. The van der Waals surface area contributed by atoms with Gasteiger partial charge in [-0.15, -0.1) is 11.3 Å². The molecule has 3 aliphatic rings. The van der Waals surface area contributed by atoms with Crippen molar-refractivity contribution >= 4 is 21.4 Å². The average Bonchev–Trinajstić information content (AvgIpc) is 3.25. The van der Waals surface area contributed by atoms with Gasteiger partial charge in [-0.3, -0.25) is 4.90 Å². The van der Waals surface area contributed by atoms with E-state index >= 15 is 0 Å². The van der Waals surface area contributed by atoms with E-state index in [1.165, 1.54) is 4.88 Å². The van der Waals surface area contributed by atoms with E-state index in [1.54, 1.807) is 11.3 Å². The maximum Gasteiger partial charge on any atom is 0.214 e. The van der Waals surface area contributed by atoms with Gasteiger partial charge in [0, 0.05) is 31.1 Å². The first-order valence-electron chi connectivity index (χ1n) is 8.42.